The number of para-hydroxylation sites is 1. The Labute approximate surface area is 158 Å². The molecule has 144 valence electrons. The fraction of sp³-hybridized carbons (Fsp3) is 0.550. The lowest BCUT2D eigenvalue weighted by atomic mass is 9.90. The Kier molecular flexibility index (Phi) is 4.53. The maximum Gasteiger partial charge on any atom is 0.410 e. The van der Waals surface area contributed by atoms with E-state index in [1.165, 1.54) is 0 Å². The third-order valence-electron chi connectivity index (χ3n) is 5.87. The van der Waals surface area contributed by atoms with Gasteiger partial charge in [0.05, 0.1) is 12.1 Å². The molecule has 2 fully saturated rings. The highest BCUT2D eigenvalue weighted by Crippen LogP contribution is 2.35. The van der Waals surface area contributed by atoms with Gasteiger partial charge in [0.25, 0.3) is 5.91 Å². The Morgan fingerprint density at radius 1 is 1.33 bits per heavy atom. The van der Waals surface area contributed by atoms with E-state index in [-0.39, 0.29) is 18.0 Å². The van der Waals surface area contributed by atoms with E-state index < -0.39 is 5.60 Å². The standard InChI is InChI=1S/C20H26N4O3/c1-3-6-14(2)24-13-20(27-19(24)26)9-11-23(12-10-20)18(25)17-15-7-4-5-8-16(15)21-22-17/h4-5,7-8,14H,3,6,9-13H2,1-2H3,(H,21,22). The smallest absolute Gasteiger partial charge is 0.410 e. The molecule has 3 heterocycles. The van der Waals surface area contributed by atoms with Crippen LogP contribution in [0.3, 0.4) is 0 Å². The lowest BCUT2D eigenvalue weighted by Crippen LogP contribution is -2.49. The predicted octanol–water partition coefficient (Wildman–Crippen LogP) is 3.18. The van der Waals surface area contributed by atoms with Crippen molar-refractivity contribution in [2.24, 2.45) is 0 Å². The summed E-state index contributed by atoms with van der Waals surface area (Å²) < 4.78 is 5.79. The molecule has 0 saturated carbocycles. The quantitative estimate of drug-likeness (QED) is 0.897. The molecule has 7 heteroatoms. The first-order chi connectivity index (χ1) is 13.0. The van der Waals surface area contributed by atoms with Gasteiger partial charge in [-0.05, 0) is 19.4 Å². The molecule has 0 radical (unpaired) electrons. The van der Waals surface area contributed by atoms with Crippen molar-refractivity contribution in [1.82, 2.24) is 20.0 Å². The number of likely N-dealkylation sites (tertiary alicyclic amines) is 1. The zero-order chi connectivity index (χ0) is 19.0. The number of aromatic nitrogens is 2. The van der Waals surface area contributed by atoms with E-state index in [4.69, 9.17) is 4.74 Å². The number of H-pyrrole nitrogens is 1. The van der Waals surface area contributed by atoms with E-state index in [0.717, 1.165) is 23.7 Å². The summed E-state index contributed by atoms with van der Waals surface area (Å²) in [5.41, 5.74) is 0.867. The molecule has 2 saturated heterocycles. The number of carbonyl (C=O) groups is 2. The summed E-state index contributed by atoms with van der Waals surface area (Å²) in [6.45, 7) is 5.97. The monoisotopic (exact) mass is 370 g/mol. The molecule has 1 unspecified atom stereocenters. The number of ether oxygens (including phenoxy) is 1. The number of hydrogen-bond acceptors (Lipinski definition) is 4. The second-order valence-corrected chi connectivity index (χ2v) is 7.73. The number of piperidine rings is 1. The third-order valence-corrected chi connectivity index (χ3v) is 5.87. The van der Waals surface area contributed by atoms with Gasteiger partial charge in [-0.2, -0.15) is 5.10 Å². The SMILES string of the molecule is CCCC(C)N1CC2(CCN(C(=O)c3n[nH]c4ccccc34)CC2)OC1=O. The van der Waals surface area contributed by atoms with Gasteiger partial charge in [-0.15, -0.1) is 0 Å². The first-order valence-corrected chi connectivity index (χ1v) is 9.75. The molecule has 1 aromatic heterocycles. The Hall–Kier alpha value is -2.57. The summed E-state index contributed by atoms with van der Waals surface area (Å²) in [5, 5.41) is 7.98. The normalized spacial score (nSPS) is 20.3. The van der Waals surface area contributed by atoms with Crippen molar-refractivity contribution < 1.29 is 14.3 Å². The van der Waals surface area contributed by atoms with Crippen LogP contribution in [0, 0.1) is 0 Å². The van der Waals surface area contributed by atoms with Crippen LogP contribution in [0.15, 0.2) is 24.3 Å². The fourth-order valence-electron chi connectivity index (χ4n) is 4.21. The van der Waals surface area contributed by atoms with Crippen molar-refractivity contribution in [2.75, 3.05) is 19.6 Å². The Morgan fingerprint density at radius 3 is 2.81 bits per heavy atom. The third kappa shape index (κ3) is 3.15. The minimum absolute atomic E-state index is 0.0668. The maximum atomic E-state index is 12.9. The molecule has 1 spiro atoms. The highest BCUT2D eigenvalue weighted by Gasteiger charge is 2.48. The van der Waals surface area contributed by atoms with Crippen LogP contribution in [0.1, 0.15) is 50.0 Å². The number of amides is 2. The summed E-state index contributed by atoms with van der Waals surface area (Å²) in [6.07, 6.45) is 3.14. The van der Waals surface area contributed by atoms with E-state index in [2.05, 4.69) is 24.0 Å². The molecule has 4 rings (SSSR count). The van der Waals surface area contributed by atoms with Crippen molar-refractivity contribution >= 4 is 22.9 Å². The number of hydrogen-bond donors (Lipinski definition) is 1. The summed E-state index contributed by atoms with van der Waals surface area (Å²) in [5.74, 6) is -0.0668. The molecule has 2 aliphatic heterocycles. The van der Waals surface area contributed by atoms with Crippen LogP contribution >= 0.6 is 0 Å². The zero-order valence-corrected chi connectivity index (χ0v) is 15.9. The maximum absolute atomic E-state index is 12.9. The van der Waals surface area contributed by atoms with Crippen LogP contribution in [0.2, 0.25) is 0 Å². The summed E-state index contributed by atoms with van der Waals surface area (Å²) in [4.78, 5) is 28.9. The van der Waals surface area contributed by atoms with Gasteiger partial charge in [-0.3, -0.25) is 9.89 Å². The number of fused-ring (bicyclic) bond motifs is 1. The topological polar surface area (TPSA) is 78.5 Å². The van der Waals surface area contributed by atoms with Crippen LogP contribution in [0.5, 0.6) is 0 Å². The van der Waals surface area contributed by atoms with Crippen molar-refractivity contribution in [1.29, 1.82) is 0 Å². The van der Waals surface area contributed by atoms with Crippen LogP contribution in [0.25, 0.3) is 10.9 Å². The van der Waals surface area contributed by atoms with Gasteiger partial charge in [-0.1, -0.05) is 31.5 Å². The minimum Gasteiger partial charge on any atom is -0.441 e. The lowest BCUT2D eigenvalue weighted by molar-refractivity contribution is 0.00295. The number of nitrogens with zero attached hydrogens (tertiary/aromatic N) is 3. The van der Waals surface area contributed by atoms with Crippen molar-refractivity contribution in [3.05, 3.63) is 30.0 Å². The number of benzene rings is 1. The molecular formula is C20H26N4O3. The minimum atomic E-state index is -0.455. The summed E-state index contributed by atoms with van der Waals surface area (Å²) in [7, 11) is 0. The molecule has 0 aliphatic carbocycles. The summed E-state index contributed by atoms with van der Waals surface area (Å²) in [6, 6.07) is 7.83. The second kappa shape index (κ2) is 6.87. The van der Waals surface area contributed by atoms with Gasteiger partial charge in [0.2, 0.25) is 0 Å². The van der Waals surface area contributed by atoms with Crippen LogP contribution < -0.4 is 0 Å². The zero-order valence-electron chi connectivity index (χ0n) is 15.9. The van der Waals surface area contributed by atoms with E-state index >= 15 is 0 Å². The largest absolute Gasteiger partial charge is 0.441 e. The first-order valence-electron chi connectivity index (χ1n) is 9.75. The average molecular weight is 370 g/mol. The first kappa shape index (κ1) is 17.8. The molecule has 7 nitrogen and oxygen atoms in total. The summed E-state index contributed by atoms with van der Waals surface area (Å²) >= 11 is 0. The molecular weight excluding hydrogens is 344 g/mol. The Bertz CT molecular complexity index is 854. The van der Waals surface area contributed by atoms with Gasteiger partial charge in [0.15, 0.2) is 5.69 Å². The van der Waals surface area contributed by atoms with Gasteiger partial charge < -0.3 is 14.5 Å². The Balaban J connectivity index is 1.43. The molecule has 27 heavy (non-hydrogen) atoms. The average Bonchev–Trinajstić information content (AvgIpc) is 3.23. The molecule has 2 amide bonds. The molecule has 1 aromatic carbocycles. The van der Waals surface area contributed by atoms with Crippen LogP contribution in [0.4, 0.5) is 4.79 Å². The molecule has 2 aromatic rings. The van der Waals surface area contributed by atoms with Crippen molar-refractivity contribution in [3.8, 4) is 0 Å². The second-order valence-electron chi connectivity index (χ2n) is 7.73. The molecule has 1 N–H and O–H groups in total. The molecule has 0 bridgehead atoms. The number of aromatic amines is 1. The van der Waals surface area contributed by atoms with Crippen LogP contribution in [-0.4, -0.2) is 63.3 Å². The number of carbonyl (C=O) groups excluding carboxylic acids is 2. The van der Waals surface area contributed by atoms with E-state index in [9.17, 15) is 9.59 Å². The van der Waals surface area contributed by atoms with Gasteiger partial charge in [-0.25, -0.2) is 4.79 Å². The highest BCUT2D eigenvalue weighted by atomic mass is 16.6. The molecule has 2 aliphatic rings. The highest BCUT2D eigenvalue weighted by molar-refractivity contribution is 6.04. The van der Waals surface area contributed by atoms with E-state index in [1.807, 2.05) is 34.1 Å². The molecule has 1 atom stereocenters. The Morgan fingerprint density at radius 2 is 2.07 bits per heavy atom. The van der Waals surface area contributed by atoms with Crippen molar-refractivity contribution in [3.63, 3.8) is 0 Å². The van der Waals surface area contributed by atoms with Gasteiger partial charge in [0.1, 0.15) is 5.60 Å². The number of nitrogens with one attached hydrogen (secondary N) is 1. The van der Waals surface area contributed by atoms with Gasteiger partial charge in [0, 0.05) is 37.4 Å². The van der Waals surface area contributed by atoms with E-state index in [1.54, 1.807) is 0 Å². The predicted molar refractivity (Wildman–Crippen MR) is 102 cm³/mol. The van der Waals surface area contributed by atoms with E-state index in [0.29, 0.717) is 38.2 Å². The van der Waals surface area contributed by atoms with Crippen molar-refractivity contribution in [2.45, 2.75) is 51.2 Å². The van der Waals surface area contributed by atoms with Gasteiger partial charge >= 0.3 is 6.09 Å². The lowest BCUT2D eigenvalue weighted by Gasteiger charge is -2.37. The fourth-order valence-corrected chi connectivity index (χ4v) is 4.21. The number of rotatable bonds is 4. The van der Waals surface area contributed by atoms with Crippen LogP contribution in [-0.2, 0) is 4.74 Å².